The fraction of sp³-hybridized carbons (Fsp3) is 0.857. The van der Waals surface area contributed by atoms with Crippen molar-refractivity contribution >= 4 is 12.0 Å². The topological polar surface area (TPSA) is 90.9 Å². The molecule has 1 unspecified atom stereocenters. The Labute approximate surface area is 127 Å². The minimum absolute atomic E-state index is 0.248. The maximum absolute atomic E-state index is 11.6. The van der Waals surface area contributed by atoms with Gasteiger partial charge in [0.25, 0.3) is 0 Å². The number of ether oxygens (including phenoxy) is 1. The Balaban J connectivity index is 3.80. The molecule has 0 spiro atoms. The number of nitrogens with one attached hydrogen (secondary N) is 2. The molecule has 3 N–H and O–H groups in total. The summed E-state index contributed by atoms with van der Waals surface area (Å²) in [6, 6.07) is -0.855. The van der Waals surface area contributed by atoms with Crippen molar-refractivity contribution in [3.8, 4) is 0 Å². The maximum atomic E-state index is 11.6. The molecule has 0 aromatic heterocycles. The Hall–Kier alpha value is -1.34. The number of carboxylic acid groups (broad SMARTS) is 1. The molecule has 0 saturated heterocycles. The first-order chi connectivity index (χ1) is 9.88. The predicted octanol–water partition coefficient (Wildman–Crippen LogP) is 0.896. The van der Waals surface area contributed by atoms with Gasteiger partial charge in [0.15, 0.2) is 0 Å². The third kappa shape index (κ3) is 10.1. The lowest BCUT2D eigenvalue weighted by Crippen LogP contribution is -2.46. The smallest absolute Gasteiger partial charge is 0.326 e. The highest BCUT2D eigenvalue weighted by Crippen LogP contribution is 1.97. The van der Waals surface area contributed by atoms with Gasteiger partial charge in [-0.2, -0.15) is 0 Å². The summed E-state index contributed by atoms with van der Waals surface area (Å²) in [4.78, 5) is 24.8. The second kappa shape index (κ2) is 11.3. The third-order valence-electron chi connectivity index (χ3n) is 3.32. The Bertz CT molecular complexity index is 311. The minimum atomic E-state index is -1.05. The molecule has 0 fully saturated rings. The summed E-state index contributed by atoms with van der Waals surface area (Å²) >= 11 is 0. The zero-order chi connectivity index (χ0) is 16.3. The van der Waals surface area contributed by atoms with Crippen LogP contribution in [-0.4, -0.2) is 67.9 Å². The predicted molar refractivity (Wildman–Crippen MR) is 81.5 cm³/mol. The van der Waals surface area contributed by atoms with E-state index in [0.717, 1.165) is 19.4 Å². The van der Waals surface area contributed by atoms with Gasteiger partial charge in [-0.05, 0) is 40.3 Å². The normalized spacial score (nSPS) is 12.5. The highest BCUT2D eigenvalue weighted by Gasteiger charge is 2.19. The molecule has 0 aliphatic rings. The average molecular weight is 303 g/mol. The molecule has 0 aromatic carbocycles. The molecule has 0 radical (unpaired) electrons. The molecule has 0 aliphatic carbocycles. The molecular formula is C14H29N3O4. The van der Waals surface area contributed by atoms with Crippen molar-refractivity contribution in [3.63, 3.8) is 0 Å². The van der Waals surface area contributed by atoms with E-state index in [-0.39, 0.29) is 6.42 Å². The molecule has 0 bridgehead atoms. The van der Waals surface area contributed by atoms with Gasteiger partial charge < -0.3 is 25.4 Å². The van der Waals surface area contributed by atoms with Crippen LogP contribution in [0.15, 0.2) is 0 Å². The molecule has 124 valence electrons. The van der Waals surface area contributed by atoms with Crippen LogP contribution in [0.3, 0.4) is 0 Å². The van der Waals surface area contributed by atoms with Crippen molar-refractivity contribution in [2.45, 2.75) is 45.2 Å². The van der Waals surface area contributed by atoms with E-state index in [1.807, 2.05) is 0 Å². The molecule has 1 atom stereocenters. The molecule has 7 heteroatoms. The quantitative estimate of drug-likeness (QED) is 0.493. The Kier molecular flexibility index (Phi) is 10.6. The van der Waals surface area contributed by atoms with Gasteiger partial charge in [0.05, 0.1) is 0 Å². The zero-order valence-corrected chi connectivity index (χ0v) is 13.5. The van der Waals surface area contributed by atoms with Crippen LogP contribution in [-0.2, 0) is 9.53 Å². The molecule has 0 saturated carbocycles. The van der Waals surface area contributed by atoms with E-state index in [1.54, 1.807) is 0 Å². The number of urea groups is 1. The highest BCUT2D eigenvalue weighted by molar-refractivity contribution is 5.82. The van der Waals surface area contributed by atoms with Gasteiger partial charge in [0, 0.05) is 32.7 Å². The summed E-state index contributed by atoms with van der Waals surface area (Å²) in [5.41, 5.74) is 0. The number of hydrogen-bond donors (Lipinski definition) is 3. The first-order valence-corrected chi connectivity index (χ1v) is 7.34. The number of rotatable bonds is 11. The van der Waals surface area contributed by atoms with Crippen LogP contribution in [0.1, 0.15) is 33.1 Å². The molecule has 7 nitrogen and oxygen atoms in total. The van der Waals surface area contributed by atoms with Crippen molar-refractivity contribution in [3.05, 3.63) is 0 Å². The largest absolute Gasteiger partial charge is 0.480 e. The summed E-state index contributed by atoms with van der Waals surface area (Å²) in [5, 5.41) is 14.1. The molecular weight excluding hydrogens is 274 g/mol. The summed E-state index contributed by atoms with van der Waals surface area (Å²) in [5.74, 6) is -1.05. The van der Waals surface area contributed by atoms with Gasteiger partial charge in [0.1, 0.15) is 6.04 Å². The van der Waals surface area contributed by atoms with E-state index in [1.165, 1.54) is 7.11 Å². The minimum Gasteiger partial charge on any atom is -0.480 e. The molecule has 21 heavy (non-hydrogen) atoms. The summed E-state index contributed by atoms with van der Waals surface area (Å²) < 4.78 is 4.82. The first kappa shape index (κ1) is 19.7. The monoisotopic (exact) mass is 303 g/mol. The van der Waals surface area contributed by atoms with Crippen LogP contribution in [0.5, 0.6) is 0 Å². The molecule has 0 aromatic rings. The van der Waals surface area contributed by atoms with Gasteiger partial charge in [-0.25, -0.2) is 9.59 Å². The summed E-state index contributed by atoms with van der Waals surface area (Å²) in [6.45, 7) is 6.08. The van der Waals surface area contributed by atoms with E-state index in [9.17, 15) is 9.59 Å². The summed E-state index contributed by atoms with van der Waals surface area (Å²) in [7, 11) is 3.56. The van der Waals surface area contributed by atoms with Crippen LogP contribution in [0.2, 0.25) is 0 Å². The van der Waals surface area contributed by atoms with Crippen LogP contribution in [0.4, 0.5) is 4.79 Å². The number of hydrogen-bond acceptors (Lipinski definition) is 4. The van der Waals surface area contributed by atoms with Crippen molar-refractivity contribution in [1.29, 1.82) is 0 Å². The lowest BCUT2D eigenvalue weighted by molar-refractivity contribution is -0.139. The fourth-order valence-corrected chi connectivity index (χ4v) is 1.65. The van der Waals surface area contributed by atoms with Gasteiger partial charge in [0.2, 0.25) is 0 Å². The number of unbranched alkanes of at least 4 members (excludes halogenated alkanes) is 1. The lowest BCUT2D eigenvalue weighted by atomic mass is 10.2. The lowest BCUT2D eigenvalue weighted by Gasteiger charge is -2.20. The standard InChI is InChI=1S/C14H29N3O4/c1-11(2)17(3)9-6-5-8-15-14(20)16-12(13(18)19)7-10-21-4/h11-12H,5-10H2,1-4H3,(H,18,19)(H2,15,16,20). The maximum Gasteiger partial charge on any atom is 0.326 e. The fourth-order valence-electron chi connectivity index (χ4n) is 1.65. The van der Waals surface area contributed by atoms with Gasteiger partial charge >= 0.3 is 12.0 Å². The number of carbonyl (C=O) groups is 2. The van der Waals surface area contributed by atoms with Gasteiger partial charge in [-0.1, -0.05) is 0 Å². The Morgan fingerprint density at radius 3 is 2.48 bits per heavy atom. The van der Waals surface area contributed by atoms with E-state index in [2.05, 4.69) is 36.4 Å². The molecule has 0 aliphatic heterocycles. The van der Waals surface area contributed by atoms with Gasteiger partial charge in [-0.15, -0.1) is 0 Å². The van der Waals surface area contributed by atoms with E-state index in [4.69, 9.17) is 9.84 Å². The second-order valence-electron chi connectivity index (χ2n) is 5.35. The first-order valence-electron chi connectivity index (χ1n) is 7.34. The zero-order valence-electron chi connectivity index (χ0n) is 13.5. The van der Waals surface area contributed by atoms with Crippen molar-refractivity contribution in [2.24, 2.45) is 0 Å². The number of aliphatic carboxylic acids is 1. The van der Waals surface area contributed by atoms with E-state index < -0.39 is 18.0 Å². The number of carbonyl (C=O) groups excluding carboxylic acids is 1. The average Bonchev–Trinajstić information content (AvgIpc) is 2.42. The van der Waals surface area contributed by atoms with E-state index in [0.29, 0.717) is 19.2 Å². The van der Waals surface area contributed by atoms with Crippen LogP contribution >= 0.6 is 0 Å². The SMILES string of the molecule is COCCC(NC(=O)NCCCCN(C)C(C)C)C(=O)O. The molecule has 2 amide bonds. The van der Waals surface area contributed by atoms with Crippen LogP contribution in [0.25, 0.3) is 0 Å². The number of amides is 2. The number of nitrogens with zero attached hydrogens (tertiary/aromatic N) is 1. The van der Waals surface area contributed by atoms with Crippen LogP contribution in [0, 0.1) is 0 Å². The Morgan fingerprint density at radius 1 is 1.29 bits per heavy atom. The Morgan fingerprint density at radius 2 is 1.95 bits per heavy atom. The third-order valence-corrected chi connectivity index (χ3v) is 3.32. The number of carboxylic acids is 1. The second-order valence-corrected chi connectivity index (χ2v) is 5.35. The van der Waals surface area contributed by atoms with Crippen molar-refractivity contribution < 1.29 is 19.4 Å². The molecule has 0 rings (SSSR count). The number of methoxy groups -OCH3 is 1. The van der Waals surface area contributed by atoms with Crippen molar-refractivity contribution in [1.82, 2.24) is 15.5 Å². The summed E-state index contributed by atoms with van der Waals surface area (Å²) in [6.07, 6.45) is 2.10. The van der Waals surface area contributed by atoms with Crippen molar-refractivity contribution in [2.75, 3.05) is 33.9 Å². The van der Waals surface area contributed by atoms with E-state index >= 15 is 0 Å². The van der Waals surface area contributed by atoms with Crippen LogP contribution < -0.4 is 10.6 Å². The molecule has 0 heterocycles. The van der Waals surface area contributed by atoms with Gasteiger partial charge in [-0.3, -0.25) is 0 Å². The highest BCUT2D eigenvalue weighted by atomic mass is 16.5.